The number of imidazole rings is 1. The van der Waals surface area contributed by atoms with Crippen molar-refractivity contribution >= 4 is 34.5 Å². The smallest absolute Gasteiger partial charge is 0.412 e. The van der Waals surface area contributed by atoms with Crippen LogP contribution in [0.2, 0.25) is 0 Å². The Kier molecular flexibility index (Phi) is 5.84. The van der Waals surface area contributed by atoms with Crippen molar-refractivity contribution in [2.24, 2.45) is 0 Å². The van der Waals surface area contributed by atoms with Crippen LogP contribution in [-0.4, -0.2) is 26.8 Å². The van der Waals surface area contributed by atoms with Crippen LogP contribution in [0.15, 0.2) is 79.3 Å². The van der Waals surface area contributed by atoms with Gasteiger partial charge in [0.15, 0.2) is 5.78 Å². The number of carbonyl (C=O) groups is 2. The van der Waals surface area contributed by atoms with Gasteiger partial charge in [0.25, 0.3) is 0 Å². The summed E-state index contributed by atoms with van der Waals surface area (Å²) < 4.78 is 5.29. The lowest BCUT2D eigenvalue weighted by molar-refractivity contribution is 0.104. The molecule has 7 heteroatoms. The van der Waals surface area contributed by atoms with E-state index in [-0.39, 0.29) is 5.78 Å². The summed E-state index contributed by atoms with van der Waals surface area (Å²) in [5.74, 6) is -0.156. The van der Waals surface area contributed by atoms with E-state index >= 15 is 0 Å². The second-order valence-electron chi connectivity index (χ2n) is 6.88. The Bertz CT molecular complexity index is 1230. The van der Waals surface area contributed by atoms with Crippen LogP contribution in [0.1, 0.15) is 34.8 Å². The highest BCUT2D eigenvalue weighted by Crippen LogP contribution is 2.16. The van der Waals surface area contributed by atoms with Crippen molar-refractivity contribution < 1.29 is 14.3 Å². The number of fused-ring (bicyclic) bond motifs is 1. The first-order valence-corrected chi connectivity index (χ1v) is 9.73. The molecule has 1 atom stereocenters. The van der Waals surface area contributed by atoms with Gasteiger partial charge in [-0.25, -0.2) is 14.8 Å². The normalized spacial score (nSPS) is 12.0. The van der Waals surface area contributed by atoms with Crippen molar-refractivity contribution in [1.82, 2.24) is 15.0 Å². The number of ether oxygens (including phenoxy) is 1. The van der Waals surface area contributed by atoms with Gasteiger partial charge in [-0.15, -0.1) is 0 Å². The molecule has 31 heavy (non-hydrogen) atoms. The number of nitrogens with one attached hydrogen (secondary N) is 2. The van der Waals surface area contributed by atoms with Crippen molar-refractivity contribution in [1.29, 1.82) is 0 Å². The number of hydrogen-bond acceptors (Lipinski definition) is 5. The number of aromatic amines is 1. The summed E-state index contributed by atoms with van der Waals surface area (Å²) >= 11 is 0. The SMILES string of the molecule is CC(OC(=O)Nc1ccc(C(=O)C=Cc2ccc3ccccc3n2)cc1)c1cnc[nH]1. The van der Waals surface area contributed by atoms with E-state index in [9.17, 15) is 9.59 Å². The van der Waals surface area contributed by atoms with E-state index in [0.29, 0.717) is 22.6 Å². The number of aromatic nitrogens is 3. The minimum atomic E-state index is -0.594. The van der Waals surface area contributed by atoms with Gasteiger partial charge >= 0.3 is 6.09 Å². The average molecular weight is 412 g/mol. The van der Waals surface area contributed by atoms with Crippen LogP contribution in [0.3, 0.4) is 0 Å². The first-order chi connectivity index (χ1) is 15.1. The fraction of sp³-hybridized carbons (Fsp3) is 0.0833. The second kappa shape index (κ2) is 9.04. The Labute approximate surface area is 178 Å². The highest BCUT2D eigenvalue weighted by molar-refractivity contribution is 6.07. The van der Waals surface area contributed by atoms with Gasteiger partial charge in [0.2, 0.25) is 0 Å². The molecule has 0 aliphatic heterocycles. The van der Waals surface area contributed by atoms with Gasteiger partial charge in [-0.2, -0.15) is 0 Å². The molecule has 1 amide bonds. The van der Waals surface area contributed by atoms with Gasteiger partial charge in [0.1, 0.15) is 6.10 Å². The van der Waals surface area contributed by atoms with Crippen LogP contribution in [0.25, 0.3) is 17.0 Å². The molecule has 2 N–H and O–H groups in total. The van der Waals surface area contributed by atoms with Gasteiger partial charge in [-0.3, -0.25) is 10.1 Å². The number of hydrogen-bond donors (Lipinski definition) is 2. The summed E-state index contributed by atoms with van der Waals surface area (Å²) in [5.41, 5.74) is 3.31. The molecule has 4 rings (SSSR count). The maximum Gasteiger partial charge on any atom is 0.412 e. The number of allylic oxidation sites excluding steroid dienone is 1. The monoisotopic (exact) mass is 412 g/mol. The van der Waals surface area contributed by atoms with Gasteiger partial charge in [0, 0.05) is 16.6 Å². The molecule has 2 aromatic carbocycles. The molecule has 0 saturated carbocycles. The summed E-state index contributed by atoms with van der Waals surface area (Å²) in [4.78, 5) is 35.8. The molecule has 2 aromatic heterocycles. The number of pyridine rings is 1. The van der Waals surface area contributed by atoms with Crippen molar-refractivity contribution in [3.63, 3.8) is 0 Å². The molecular formula is C24H20N4O3. The number of carbonyl (C=O) groups excluding carboxylic acids is 2. The van der Waals surface area contributed by atoms with Crippen molar-refractivity contribution in [2.45, 2.75) is 13.0 Å². The Morgan fingerprint density at radius 1 is 1.06 bits per heavy atom. The molecule has 1 unspecified atom stereocenters. The number of rotatable bonds is 6. The average Bonchev–Trinajstić information content (AvgIpc) is 3.33. The molecule has 0 aliphatic rings. The van der Waals surface area contributed by atoms with E-state index < -0.39 is 12.2 Å². The number of anilines is 1. The Balaban J connectivity index is 1.36. The third-order valence-electron chi connectivity index (χ3n) is 4.68. The molecule has 0 spiro atoms. The minimum Gasteiger partial charge on any atom is -0.440 e. The van der Waals surface area contributed by atoms with Crippen LogP contribution in [0.4, 0.5) is 10.5 Å². The quantitative estimate of drug-likeness (QED) is 0.337. The standard InChI is InChI=1S/C24H20N4O3/c1-16(22-14-25-15-26-22)31-24(30)28-20-10-7-18(8-11-20)23(29)13-12-19-9-6-17-4-2-3-5-21(17)27-19/h2-16H,1H3,(H,25,26)(H,28,30). The third kappa shape index (κ3) is 5.02. The van der Waals surface area contributed by atoms with E-state index in [4.69, 9.17) is 4.74 Å². The summed E-state index contributed by atoms with van der Waals surface area (Å²) in [6.07, 6.45) is 5.24. The Morgan fingerprint density at radius 2 is 1.87 bits per heavy atom. The highest BCUT2D eigenvalue weighted by Gasteiger charge is 2.13. The van der Waals surface area contributed by atoms with Gasteiger partial charge in [0.05, 0.1) is 29.4 Å². The number of amides is 1. The fourth-order valence-electron chi connectivity index (χ4n) is 3.01. The lowest BCUT2D eigenvalue weighted by Gasteiger charge is -2.12. The van der Waals surface area contributed by atoms with Gasteiger partial charge in [-0.05, 0) is 55.5 Å². The zero-order valence-corrected chi connectivity index (χ0v) is 16.8. The van der Waals surface area contributed by atoms with Crippen molar-refractivity contribution in [3.05, 3.63) is 96.2 Å². The fourth-order valence-corrected chi connectivity index (χ4v) is 3.01. The summed E-state index contributed by atoms with van der Waals surface area (Å²) in [7, 11) is 0. The van der Waals surface area contributed by atoms with E-state index in [1.807, 2.05) is 36.4 Å². The summed E-state index contributed by atoms with van der Waals surface area (Å²) in [5, 5.41) is 3.69. The number of nitrogens with zero attached hydrogens (tertiary/aromatic N) is 2. The molecule has 7 nitrogen and oxygen atoms in total. The van der Waals surface area contributed by atoms with E-state index in [1.165, 1.54) is 12.4 Å². The van der Waals surface area contributed by atoms with E-state index in [1.54, 1.807) is 43.5 Å². The molecule has 0 bridgehead atoms. The van der Waals surface area contributed by atoms with Crippen LogP contribution >= 0.6 is 0 Å². The van der Waals surface area contributed by atoms with E-state index in [0.717, 1.165) is 10.9 Å². The lowest BCUT2D eigenvalue weighted by Crippen LogP contribution is -2.16. The Hall–Kier alpha value is -4.26. The minimum absolute atomic E-state index is 0.156. The third-order valence-corrected chi connectivity index (χ3v) is 4.68. The van der Waals surface area contributed by atoms with Gasteiger partial charge in [-0.1, -0.05) is 24.3 Å². The predicted molar refractivity (Wildman–Crippen MR) is 119 cm³/mol. The second-order valence-corrected chi connectivity index (χ2v) is 6.88. The number of H-pyrrole nitrogens is 1. The molecular weight excluding hydrogens is 392 g/mol. The van der Waals surface area contributed by atoms with Crippen LogP contribution < -0.4 is 5.32 Å². The van der Waals surface area contributed by atoms with Crippen LogP contribution in [0.5, 0.6) is 0 Å². The first kappa shape index (κ1) is 20.0. The highest BCUT2D eigenvalue weighted by atomic mass is 16.6. The molecule has 0 saturated heterocycles. The van der Waals surface area contributed by atoms with Crippen LogP contribution in [-0.2, 0) is 4.74 Å². The largest absolute Gasteiger partial charge is 0.440 e. The van der Waals surface area contributed by atoms with E-state index in [2.05, 4.69) is 20.3 Å². The lowest BCUT2D eigenvalue weighted by atomic mass is 10.1. The molecule has 4 aromatic rings. The molecule has 2 heterocycles. The number of ketones is 1. The van der Waals surface area contributed by atoms with Crippen LogP contribution in [0, 0.1) is 0 Å². The molecule has 0 radical (unpaired) electrons. The molecule has 0 aliphatic carbocycles. The summed E-state index contributed by atoms with van der Waals surface area (Å²) in [6, 6.07) is 18.2. The molecule has 0 fully saturated rings. The molecule has 154 valence electrons. The maximum absolute atomic E-state index is 12.5. The topological polar surface area (TPSA) is 97.0 Å². The number of benzene rings is 2. The predicted octanol–water partition coefficient (Wildman–Crippen LogP) is 5.16. The zero-order chi connectivity index (χ0) is 21.6. The van der Waals surface area contributed by atoms with Crippen molar-refractivity contribution in [2.75, 3.05) is 5.32 Å². The summed E-state index contributed by atoms with van der Waals surface area (Å²) in [6.45, 7) is 1.74. The number of para-hydroxylation sites is 1. The Morgan fingerprint density at radius 3 is 2.65 bits per heavy atom. The zero-order valence-electron chi connectivity index (χ0n) is 16.8. The maximum atomic E-state index is 12.5. The first-order valence-electron chi connectivity index (χ1n) is 9.73. The van der Waals surface area contributed by atoms with Gasteiger partial charge < -0.3 is 9.72 Å². The van der Waals surface area contributed by atoms with Crippen molar-refractivity contribution in [3.8, 4) is 0 Å².